The number of carbonyl (C=O) groups excluding carboxylic acids is 1. The lowest BCUT2D eigenvalue weighted by molar-refractivity contribution is -0.141. The number of nitrogens with two attached hydrogens (primary N) is 3. The van der Waals surface area contributed by atoms with Gasteiger partial charge >= 0.3 is 23.9 Å². The minimum absolute atomic E-state index is 0.0231. The normalized spacial score (nSPS) is 12.2. The first-order valence-corrected chi connectivity index (χ1v) is 7.05. The van der Waals surface area contributed by atoms with Crippen molar-refractivity contribution in [2.75, 3.05) is 6.54 Å². The molecule has 0 aliphatic rings. The van der Waals surface area contributed by atoms with Crippen molar-refractivity contribution >= 4 is 23.9 Å². The highest BCUT2D eigenvalue weighted by Gasteiger charge is 2.16. The molecule has 0 radical (unpaired) electrons. The number of hydrogen-bond donors (Lipinski definition) is 8. The van der Waals surface area contributed by atoms with Gasteiger partial charge in [0, 0.05) is 6.42 Å². The molecule has 2 atom stereocenters. The smallest absolute Gasteiger partial charge is 0.326 e. The van der Waals surface area contributed by atoms with E-state index in [0.717, 1.165) is 6.42 Å². The van der Waals surface area contributed by atoms with Gasteiger partial charge in [0.25, 0.3) is 0 Å². The zero-order valence-corrected chi connectivity index (χ0v) is 13.1. The highest BCUT2D eigenvalue weighted by Crippen LogP contribution is 1.99. The fourth-order valence-corrected chi connectivity index (χ4v) is 1.31. The van der Waals surface area contributed by atoms with Crippen molar-refractivity contribution in [3.05, 3.63) is 0 Å². The van der Waals surface area contributed by atoms with Crippen molar-refractivity contribution in [3.8, 4) is 0 Å². The highest BCUT2D eigenvalue weighted by atomic mass is 16.4. The molecular weight excluding hydrogens is 326 g/mol. The molecule has 0 aromatic heterocycles. The summed E-state index contributed by atoms with van der Waals surface area (Å²) < 4.78 is 0. The summed E-state index contributed by atoms with van der Waals surface area (Å²) in [5.41, 5.74) is 19.4. The average Bonchev–Trinajstić information content (AvgIpc) is 2.48. The van der Waals surface area contributed by atoms with Crippen LogP contribution in [0.3, 0.4) is 0 Å². The molecule has 0 spiro atoms. The van der Waals surface area contributed by atoms with Crippen LogP contribution in [0, 0.1) is 0 Å². The van der Waals surface area contributed by atoms with E-state index in [1.54, 1.807) is 0 Å². The predicted molar refractivity (Wildman–Crippen MR) is 82.7 cm³/mol. The van der Waals surface area contributed by atoms with Crippen LogP contribution in [0.25, 0.3) is 0 Å². The van der Waals surface area contributed by atoms with Crippen LogP contribution in [0.2, 0.25) is 0 Å². The second-order valence-corrected chi connectivity index (χ2v) is 4.69. The van der Waals surface area contributed by atoms with Crippen LogP contribution in [-0.2, 0) is 14.4 Å². The van der Waals surface area contributed by atoms with Crippen molar-refractivity contribution < 1.29 is 34.5 Å². The summed E-state index contributed by atoms with van der Waals surface area (Å²) in [5.74, 6) is -3.23. The summed E-state index contributed by atoms with van der Waals surface area (Å²) in [5, 5.41) is 25.0. The number of carbonyl (C=O) groups is 4. The van der Waals surface area contributed by atoms with E-state index >= 15 is 0 Å². The van der Waals surface area contributed by atoms with E-state index in [9.17, 15) is 19.2 Å². The molecule has 11 N–H and O–H groups in total. The second-order valence-electron chi connectivity index (χ2n) is 4.69. The van der Waals surface area contributed by atoms with Crippen molar-refractivity contribution in [2.45, 2.75) is 44.2 Å². The maximum Gasteiger partial charge on any atom is 0.326 e. The van der Waals surface area contributed by atoms with Crippen molar-refractivity contribution in [1.82, 2.24) is 10.9 Å². The monoisotopic (exact) mass is 351 g/mol. The number of carboxylic acids is 3. The Labute approximate surface area is 138 Å². The molecule has 0 aromatic carbocycles. The quantitative estimate of drug-likeness (QED) is 0.151. The number of nitrogens with one attached hydrogen (secondary N) is 2. The van der Waals surface area contributed by atoms with Crippen LogP contribution in [0.4, 0.5) is 4.79 Å². The Morgan fingerprint density at radius 2 is 1.54 bits per heavy atom. The number of urea groups is 1. The van der Waals surface area contributed by atoms with Crippen molar-refractivity contribution in [2.24, 2.45) is 17.2 Å². The fraction of sp³-hybridized carbons (Fsp3) is 0.667. The average molecular weight is 351 g/mol. The van der Waals surface area contributed by atoms with Crippen molar-refractivity contribution in [3.63, 3.8) is 0 Å². The Kier molecular flexibility index (Phi) is 14.1. The van der Waals surface area contributed by atoms with Gasteiger partial charge in [-0.1, -0.05) is 0 Å². The summed E-state index contributed by atoms with van der Waals surface area (Å²) in [6.45, 7) is 0.523. The summed E-state index contributed by atoms with van der Waals surface area (Å²) in [4.78, 5) is 40.8. The van der Waals surface area contributed by atoms with Gasteiger partial charge in [-0.15, -0.1) is 0 Å². The molecule has 2 unspecified atom stereocenters. The third kappa shape index (κ3) is 15.9. The van der Waals surface area contributed by atoms with Gasteiger partial charge in [0.05, 0.1) is 0 Å². The van der Waals surface area contributed by atoms with Crippen molar-refractivity contribution in [1.29, 1.82) is 0 Å². The Bertz CT molecular complexity index is 419. The van der Waals surface area contributed by atoms with Gasteiger partial charge in [-0.05, 0) is 32.2 Å². The lowest BCUT2D eigenvalue weighted by atomic mass is 10.1. The lowest BCUT2D eigenvalue weighted by Crippen LogP contribution is -2.50. The molecule has 140 valence electrons. The minimum Gasteiger partial charge on any atom is -0.481 e. The summed E-state index contributed by atoms with van der Waals surface area (Å²) in [6, 6.07) is -2.69. The summed E-state index contributed by atoms with van der Waals surface area (Å²) in [7, 11) is 0. The third-order valence-electron chi connectivity index (χ3n) is 2.60. The Morgan fingerprint density at radius 1 is 0.958 bits per heavy atom. The van der Waals surface area contributed by atoms with E-state index in [2.05, 4.69) is 5.43 Å². The van der Waals surface area contributed by atoms with E-state index in [-0.39, 0.29) is 12.8 Å². The van der Waals surface area contributed by atoms with Crippen LogP contribution in [0.5, 0.6) is 0 Å². The van der Waals surface area contributed by atoms with Gasteiger partial charge in [0.1, 0.15) is 12.1 Å². The van der Waals surface area contributed by atoms with Gasteiger partial charge < -0.3 is 32.5 Å². The molecule has 0 aliphatic carbocycles. The SMILES string of the molecule is NC(CCC(=O)O)C(=O)O.NCCCCC(NNC(N)=O)C(=O)O. The minimum atomic E-state index is -1.17. The Hall–Kier alpha value is -2.44. The van der Waals surface area contributed by atoms with Crippen LogP contribution in [0.1, 0.15) is 32.1 Å². The Balaban J connectivity index is 0. The van der Waals surface area contributed by atoms with Crippen LogP contribution in [-0.4, -0.2) is 57.9 Å². The first-order chi connectivity index (χ1) is 11.1. The Morgan fingerprint density at radius 3 is 1.92 bits per heavy atom. The topological polar surface area (TPSA) is 231 Å². The summed E-state index contributed by atoms with van der Waals surface area (Å²) in [6.07, 6.45) is 1.61. The zero-order chi connectivity index (χ0) is 19.1. The maximum atomic E-state index is 10.6. The van der Waals surface area contributed by atoms with Crippen LogP contribution >= 0.6 is 0 Å². The van der Waals surface area contributed by atoms with Crippen LogP contribution < -0.4 is 28.1 Å². The van der Waals surface area contributed by atoms with Gasteiger partial charge in [0.15, 0.2) is 0 Å². The van der Waals surface area contributed by atoms with E-state index in [1.165, 1.54) is 0 Å². The number of amides is 2. The fourth-order valence-electron chi connectivity index (χ4n) is 1.31. The van der Waals surface area contributed by atoms with E-state index < -0.39 is 36.0 Å². The van der Waals surface area contributed by atoms with Gasteiger partial charge in [-0.3, -0.25) is 19.8 Å². The van der Waals surface area contributed by atoms with Gasteiger partial charge in [-0.25, -0.2) is 10.2 Å². The number of unbranched alkanes of at least 4 members (excludes halogenated alkanes) is 1. The summed E-state index contributed by atoms with van der Waals surface area (Å²) >= 11 is 0. The number of aliphatic carboxylic acids is 3. The molecule has 0 heterocycles. The number of hydrogen-bond acceptors (Lipinski definition) is 7. The first-order valence-electron chi connectivity index (χ1n) is 7.05. The van der Waals surface area contributed by atoms with Gasteiger partial charge in [-0.2, -0.15) is 0 Å². The second kappa shape index (κ2) is 14.2. The number of hydrazine groups is 1. The molecule has 0 bridgehead atoms. The molecule has 0 saturated carbocycles. The molecular formula is C12H25N5O7. The molecule has 2 amide bonds. The molecule has 12 heteroatoms. The predicted octanol–water partition coefficient (Wildman–Crippen LogP) is -2.00. The van der Waals surface area contributed by atoms with Crippen LogP contribution in [0.15, 0.2) is 0 Å². The molecule has 0 aliphatic heterocycles. The number of carboxylic acid groups (broad SMARTS) is 3. The van der Waals surface area contributed by atoms with E-state index in [4.69, 9.17) is 32.5 Å². The lowest BCUT2D eigenvalue weighted by Gasteiger charge is -2.13. The molecule has 0 rings (SSSR count). The number of rotatable bonds is 11. The third-order valence-corrected chi connectivity index (χ3v) is 2.60. The zero-order valence-electron chi connectivity index (χ0n) is 13.1. The molecule has 0 aromatic rings. The number of primary amides is 1. The molecule has 12 nitrogen and oxygen atoms in total. The van der Waals surface area contributed by atoms with E-state index in [0.29, 0.717) is 19.4 Å². The molecule has 24 heavy (non-hydrogen) atoms. The largest absolute Gasteiger partial charge is 0.481 e. The maximum absolute atomic E-state index is 10.6. The molecule has 0 saturated heterocycles. The first kappa shape index (κ1) is 23.8. The highest BCUT2D eigenvalue weighted by molar-refractivity contribution is 5.75. The van der Waals surface area contributed by atoms with Gasteiger partial charge in [0.2, 0.25) is 0 Å². The van der Waals surface area contributed by atoms with E-state index in [1.807, 2.05) is 5.43 Å². The molecule has 0 fully saturated rings. The standard InChI is InChI=1S/C7H16N4O3.C5H9NO4/c8-4-2-1-3-5(6(12)13)10-11-7(9)14;6-3(5(9)10)1-2-4(7)8/h5,10H,1-4,8H2,(H,12,13)(H3,9,11,14);3H,1-2,6H2,(H,7,8)(H,9,10).